The molecule has 5 nitrogen and oxygen atoms in total. The zero-order valence-corrected chi connectivity index (χ0v) is 12.5. The molecule has 2 saturated heterocycles. The van der Waals surface area contributed by atoms with E-state index >= 15 is 0 Å². The lowest BCUT2D eigenvalue weighted by Gasteiger charge is -2.45. The molecule has 0 saturated carbocycles. The molecule has 2 rings (SSSR count). The zero-order valence-electron chi connectivity index (χ0n) is 12.5. The molecule has 1 N–H and O–H groups in total. The van der Waals surface area contributed by atoms with E-state index in [9.17, 15) is 9.59 Å². The number of likely N-dealkylation sites (tertiary alicyclic amines) is 2. The molecule has 3 atom stereocenters. The average Bonchev–Trinajstić information content (AvgIpc) is 2.38. The maximum atomic E-state index is 12.8. The van der Waals surface area contributed by atoms with Gasteiger partial charge in [-0.2, -0.15) is 0 Å². The lowest BCUT2D eigenvalue weighted by atomic mass is 9.96. The van der Waals surface area contributed by atoms with Crippen LogP contribution in [0.25, 0.3) is 0 Å². The van der Waals surface area contributed by atoms with Crippen molar-refractivity contribution in [3.05, 3.63) is 0 Å². The van der Waals surface area contributed by atoms with Gasteiger partial charge in [0.2, 0.25) is 0 Å². The van der Waals surface area contributed by atoms with Crippen LogP contribution >= 0.6 is 0 Å². The van der Waals surface area contributed by atoms with Gasteiger partial charge in [0.05, 0.1) is 6.42 Å². The van der Waals surface area contributed by atoms with Gasteiger partial charge in [-0.3, -0.25) is 4.79 Å². The number of nitrogens with zero attached hydrogens (tertiary/aromatic N) is 2. The topological polar surface area (TPSA) is 60.9 Å². The Hall–Kier alpha value is -1.26. The first-order valence-corrected chi connectivity index (χ1v) is 7.81. The first kappa shape index (κ1) is 15.1. The van der Waals surface area contributed by atoms with Crippen molar-refractivity contribution in [2.45, 2.75) is 76.9 Å². The number of amides is 2. The van der Waals surface area contributed by atoms with Crippen molar-refractivity contribution in [1.29, 1.82) is 0 Å². The average molecular weight is 282 g/mol. The summed E-state index contributed by atoms with van der Waals surface area (Å²) >= 11 is 0. The van der Waals surface area contributed by atoms with Gasteiger partial charge in [-0.1, -0.05) is 0 Å². The van der Waals surface area contributed by atoms with Crippen LogP contribution in [0.4, 0.5) is 4.79 Å². The third kappa shape index (κ3) is 3.25. The Morgan fingerprint density at radius 2 is 1.70 bits per heavy atom. The number of rotatable bonds is 2. The Bertz CT molecular complexity index is 362. The predicted octanol–water partition coefficient (Wildman–Crippen LogP) is 2.70. The molecule has 20 heavy (non-hydrogen) atoms. The second-order valence-corrected chi connectivity index (χ2v) is 6.26. The number of carbonyl (C=O) groups is 2. The molecular weight excluding hydrogens is 256 g/mol. The van der Waals surface area contributed by atoms with E-state index in [1.165, 1.54) is 6.42 Å². The molecule has 0 aliphatic carbocycles. The summed E-state index contributed by atoms with van der Waals surface area (Å²) in [5.41, 5.74) is 0. The monoisotopic (exact) mass is 282 g/mol. The van der Waals surface area contributed by atoms with Crippen LogP contribution in [0.15, 0.2) is 0 Å². The van der Waals surface area contributed by atoms with Crippen LogP contribution in [0.2, 0.25) is 0 Å². The van der Waals surface area contributed by atoms with Gasteiger partial charge < -0.3 is 14.9 Å². The largest absolute Gasteiger partial charge is 0.481 e. The third-order valence-electron chi connectivity index (χ3n) is 4.70. The highest BCUT2D eigenvalue weighted by atomic mass is 16.4. The van der Waals surface area contributed by atoms with E-state index in [-0.39, 0.29) is 30.6 Å². The molecule has 2 aliphatic heterocycles. The number of hydrogen-bond donors (Lipinski definition) is 1. The highest BCUT2D eigenvalue weighted by Gasteiger charge is 2.36. The minimum absolute atomic E-state index is 0.0515. The second kappa shape index (κ2) is 6.46. The number of hydrogen-bond acceptors (Lipinski definition) is 2. The summed E-state index contributed by atoms with van der Waals surface area (Å²) in [6.45, 7) is 4.90. The summed E-state index contributed by atoms with van der Waals surface area (Å²) in [5.74, 6) is -0.811. The number of urea groups is 1. The normalized spacial score (nSPS) is 31.2. The lowest BCUT2D eigenvalue weighted by molar-refractivity contribution is -0.138. The van der Waals surface area contributed by atoms with Crippen LogP contribution < -0.4 is 0 Å². The van der Waals surface area contributed by atoms with Crippen LogP contribution in [-0.2, 0) is 4.79 Å². The van der Waals surface area contributed by atoms with E-state index in [4.69, 9.17) is 5.11 Å². The maximum absolute atomic E-state index is 12.8. The van der Waals surface area contributed by atoms with Crippen molar-refractivity contribution in [3.8, 4) is 0 Å². The van der Waals surface area contributed by atoms with Gasteiger partial charge in [0.1, 0.15) is 0 Å². The van der Waals surface area contributed by atoms with Crippen LogP contribution in [0.1, 0.15) is 58.8 Å². The van der Waals surface area contributed by atoms with Gasteiger partial charge in [0.15, 0.2) is 0 Å². The van der Waals surface area contributed by atoms with E-state index in [2.05, 4.69) is 13.8 Å². The fourth-order valence-corrected chi connectivity index (χ4v) is 3.61. The lowest BCUT2D eigenvalue weighted by Crippen LogP contribution is -2.56. The third-order valence-corrected chi connectivity index (χ3v) is 4.70. The molecule has 0 aromatic carbocycles. The van der Waals surface area contributed by atoms with Gasteiger partial charge in [0.25, 0.3) is 0 Å². The van der Waals surface area contributed by atoms with Gasteiger partial charge >= 0.3 is 12.0 Å². The molecule has 0 aromatic rings. The molecule has 2 aliphatic rings. The number of aliphatic carboxylic acids is 1. The van der Waals surface area contributed by atoms with Crippen LogP contribution in [0.5, 0.6) is 0 Å². The molecular formula is C15H26N2O3. The number of piperidine rings is 2. The number of carboxylic acids is 1. The molecule has 5 heteroatoms. The number of carbonyl (C=O) groups excluding carboxylic acids is 1. The van der Waals surface area contributed by atoms with Crippen molar-refractivity contribution in [1.82, 2.24) is 9.80 Å². The molecule has 0 aromatic heterocycles. The molecule has 2 fully saturated rings. The second-order valence-electron chi connectivity index (χ2n) is 6.26. The van der Waals surface area contributed by atoms with E-state index in [1.807, 2.05) is 9.80 Å². The molecule has 0 radical (unpaired) electrons. The Balaban J connectivity index is 2.10. The molecule has 0 bridgehead atoms. The molecule has 2 amide bonds. The molecule has 3 unspecified atom stereocenters. The predicted molar refractivity (Wildman–Crippen MR) is 76.6 cm³/mol. The quantitative estimate of drug-likeness (QED) is 0.847. The molecule has 114 valence electrons. The highest BCUT2D eigenvalue weighted by Crippen LogP contribution is 2.27. The van der Waals surface area contributed by atoms with Crippen molar-refractivity contribution < 1.29 is 14.7 Å². The van der Waals surface area contributed by atoms with Crippen LogP contribution in [-0.4, -0.2) is 51.6 Å². The zero-order chi connectivity index (χ0) is 14.7. The minimum atomic E-state index is -0.811. The van der Waals surface area contributed by atoms with E-state index in [1.54, 1.807) is 0 Å². The first-order chi connectivity index (χ1) is 9.50. The van der Waals surface area contributed by atoms with Crippen LogP contribution in [0, 0.1) is 0 Å². The van der Waals surface area contributed by atoms with Crippen molar-refractivity contribution >= 4 is 12.0 Å². The minimum Gasteiger partial charge on any atom is -0.481 e. The maximum Gasteiger partial charge on any atom is 0.320 e. The van der Waals surface area contributed by atoms with Crippen LogP contribution in [0.3, 0.4) is 0 Å². The molecule has 2 heterocycles. The van der Waals surface area contributed by atoms with E-state index in [0.717, 1.165) is 32.1 Å². The van der Waals surface area contributed by atoms with E-state index < -0.39 is 5.97 Å². The Kier molecular flexibility index (Phi) is 4.89. The standard InChI is InChI=1S/C15H26N2O3/c1-11-6-5-7-12(2)17(11)15(20)16-9-4-3-8-13(16)10-14(18)19/h11-13H,3-10H2,1-2H3,(H,18,19). The fraction of sp³-hybridized carbons (Fsp3) is 0.867. The first-order valence-electron chi connectivity index (χ1n) is 7.81. The Morgan fingerprint density at radius 3 is 2.30 bits per heavy atom. The summed E-state index contributed by atoms with van der Waals surface area (Å²) < 4.78 is 0. The number of carboxylic acid groups (broad SMARTS) is 1. The van der Waals surface area contributed by atoms with Gasteiger partial charge in [-0.05, 0) is 52.4 Å². The van der Waals surface area contributed by atoms with Crippen molar-refractivity contribution in [2.75, 3.05) is 6.54 Å². The van der Waals surface area contributed by atoms with Gasteiger partial charge in [0, 0.05) is 24.7 Å². The van der Waals surface area contributed by atoms with Crippen molar-refractivity contribution in [3.63, 3.8) is 0 Å². The summed E-state index contributed by atoms with van der Waals surface area (Å²) in [6, 6.07) is 0.447. The van der Waals surface area contributed by atoms with Crippen molar-refractivity contribution in [2.24, 2.45) is 0 Å². The summed E-state index contributed by atoms with van der Waals surface area (Å²) in [5, 5.41) is 9.03. The smallest absolute Gasteiger partial charge is 0.320 e. The fourth-order valence-electron chi connectivity index (χ4n) is 3.61. The van der Waals surface area contributed by atoms with E-state index in [0.29, 0.717) is 6.54 Å². The van der Waals surface area contributed by atoms with Gasteiger partial charge in [-0.25, -0.2) is 4.79 Å². The summed E-state index contributed by atoms with van der Waals surface area (Å²) in [7, 11) is 0. The Labute approximate surface area is 120 Å². The SMILES string of the molecule is CC1CCCC(C)N1C(=O)N1CCCCC1CC(=O)O. The van der Waals surface area contributed by atoms with Gasteiger partial charge in [-0.15, -0.1) is 0 Å². The Morgan fingerprint density at radius 1 is 1.05 bits per heavy atom. The summed E-state index contributed by atoms with van der Waals surface area (Å²) in [6.07, 6.45) is 6.16. The summed E-state index contributed by atoms with van der Waals surface area (Å²) in [4.78, 5) is 27.6. The molecule has 0 spiro atoms. The highest BCUT2D eigenvalue weighted by molar-refractivity contribution is 5.77.